The molecule has 306 valence electrons. The molecule has 0 saturated heterocycles. The summed E-state index contributed by atoms with van der Waals surface area (Å²) >= 11 is 0. The number of nitrogens with zero attached hydrogens (tertiary/aromatic N) is 2. The van der Waals surface area contributed by atoms with E-state index in [-0.39, 0.29) is 172 Å². The van der Waals surface area contributed by atoms with E-state index >= 15 is 0 Å². The molecule has 0 spiro atoms. The van der Waals surface area contributed by atoms with E-state index in [9.17, 15) is 24.6 Å². The van der Waals surface area contributed by atoms with Crippen LogP contribution in [-0.4, -0.2) is 111 Å². The Morgan fingerprint density at radius 2 is 1.17 bits per heavy atom. The normalized spacial score (nSPS) is 10.6. The summed E-state index contributed by atoms with van der Waals surface area (Å²) in [6.45, 7) is 5.93. The number of likely N-dealkylation sites (N-methyl/N-ethyl adjacent to an activating group) is 2. The van der Waals surface area contributed by atoms with E-state index in [1.54, 1.807) is 20.8 Å². The van der Waals surface area contributed by atoms with E-state index in [4.69, 9.17) is 9.84 Å². The van der Waals surface area contributed by atoms with E-state index in [1.807, 2.05) is 35.2 Å². The summed E-state index contributed by atoms with van der Waals surface area (Å²) in [7, 11) is 9.80. The van der Waals surface area contributed by atoms with Crippen molar-refractivity contribution in [2.45, 2.75) is 150 Å². The Kier molecular flexibility index (Phi) is 99.7. The Morgan fingerprint density at radius 1 is 0.771 bits per heavy atom. The van der Waals surface area contributed by atoms with Gasteiger partial charge in [0.15, 0.2) is 12.8 Å². The molecule has 3 N–H and O–H groups in total. The number of amides is 1. The zero-order valence-corrected chi connectivity index (χ0v) is 24.7. The van der Waals surface area contributed by atoms with Crippen molar-refractivity contribution in [1.82, 2.24) is 5.32 Å². The van der Waals surface area contributed by atoms with Gasteiger partial charge in [0.1, 0.15) is 19.7 Å². The van der Waals surface area contributed by atoms with Gasteiger partial charge in [-0.2, -0.15) is 0 Å². The summed E-state index contributed by atoms with van der Waals surface area (Å²) in [4.78, 5) is 36.8. The first-order valence-electron chi connectivity index (χ1n) is 11.5. The number of aliphatic hydroxyl groups excluding tert-OH is 2. The molecule has 0 saturated carbocycles. The number of quaternary nitrogens is 2. The number of carboxylic acids is 1. The quantitative estimate of drug-likeness (QED) is 0.0898. The fourth-order valence-corrected chi connectivity index (χ4v) is 3.86. The van der Waals surface area contributed by atoms with Gasteiger partial charge in [-0.25, -0.2) is 0 Å². The van der Waals surface area contributed by atoms with Crippen molar-refractivity contribution in [1.29, 1.82) is 0 Å². The van der Waals surface area contributed by atoms with E-state index < -0.39 is 35.3 Å². The Labute approximate surface area is 330 Å². The second-order valence-electron chi connectivity index (χ2n) is 11.2. The molecule has 10 nitrogen and oxygen atoms in total. The molecule has 0 aliphatic rings. The van der Waals surface area contributed by atoms with Crippen LogP contribution >= 0.6 is 0 Å². The summed E-state index contributed by atoms with van der Waals surface area (Å²) in [5.74, 6) is -3.85. The number of hydrogen-bond acceptors (Lipinski definition) is 7. The second-order valence-corrected chi connectivity index (χ2v) is 11.2. The molecule has 1 amide bonds. The maximum atomic E-state index is 12.9. The third-order valence-electron chi connectivity index (χ3n) is 5.57. The molecule has 0 aromatic rings. The molecular formula is C37H102N3NaO7+2. The van der Waals surface area contributed by atoms with Crippen molar-refractivity contribution in [2.24, 2.45) is 17.3 Å². The first-order chi connectivity index (χ1) is 14.9. The van der Waals surface area contributed by atoms with E-state index in [1.165, 1.54) is 0 Å². The number of nitrogens with one attached hydrogen (secondary N) is 1. The minimum absolute atomic E-state index is 0. The van der Waals surface area contributed by atoms with Crippen molar-refractivity contribution >= 4 is 17.8 Å². The first-order valence-corrected chi connectivity index (χ1v) is 11.5. The van der Waals surface area contributed by atoms with Crippen LogP contribution in [-0.2, 0) is 19.1 Å². The van der Waals surface area contributed by atoms with Gasteiger partial charge in [0.2, 0.25) is 5.91 Å². The molecule has 3 unspecified atom stereocenters. The van der Waals surface area contributed by atoms with Crippen molar-refractivity contribution in [3.8, 4) is 0 Å². The van der Waals surface area contributed by atoms with Gasteiger partial charge in [-0.15, -0.1) is 0 Å². The van der Waals surface area contributed by atoms with Gasteiger partial charge < -0.3 is 39.1 Å². The van der Waals surface area contributed by atoms with Crippen LogP contribution < -0.4 is 40.0 Å². The van der Waals surface area contributed by atoms with Gasteiger partial charge >= 0.3 is 35.5 Å². The van der Waals surface area contributed by atoms with Crippen molar-refractivity contribution in [3.63, 3.8) is 0 Å². The summed E-state index contributed by atoms with van der Waals surface area (Å²) in [6.07, 6.45) is -0.160. The predicted octanol–water partition coefficient (Wildman–Crippen LogP) is 4.85. The SMILES string of the molecule is C.C.C.C.C.C.C.C.C.C.C.C.C.C.CCC(CC(CC(C)(C)C(=O)NC[N+](C)(C)CC(O)C[N+](C)(C)C)C(=O)[O-])C(=O)OCCO.[Na+]. The fourth-order valence-electron chi connectivity index (χ4n) is 3.86. The van der Waals surface area contributed by atoms with Crippen molar-refractivity contribution in [3.05, 3.63) is 0 Å². The average molecular weight is 724 g/mol. The molecule has 3 atom stereocenters. The Morgan fingerprint density at radius 3 is 1.48 bits per heavy atom. The Balaban J connectivity index is -0.0000000488. The number of esters is 1. The minimum Gasteiger partial charge on any atom is -0.550 e. The summed E-state index contributed by atoms with van der Waals surface area (Å²) in [5.41, 5.74) is -1.01. The van der Waals surface area contributed by atoms with Crippen LogP contribution in [0.4, 0.5) is 0 Å². The number of carboxylic acid groups (broad SMARTS) is 1. The first kappa shape index (κ1) is 103. The number of hydrogen-bond donors (Lipinski definition) is 3. The van der Waals surface area contributed by atoms with Crippen LogP contribution in [0.15, 0.2) is 0 Å². The van der Waals surface area contributed by atoms with Gasteiger partial charge in [-0.1, -0.05) is 125 Å². The van der Waals surface area contributed by atoms with E-state index in [2.05, 4.69) is 5.32 Å². The molecule has 48 heavy (non-hydrogen) atoms. The fraction of sp³-hybridized carbons (Fsp3) is 0.919. The maximum Gasteiger partial charge on any atom is 1.00 e. The van der Waals surface area contributed by atoms with Crippen LogP contribution in [0.1, 0.15) is 144 Å². The Bertz CT molecular complexity index is 657. The molecule has 0 radical (unpaired) electrons. The van der Waals surface area contributed by atoms with E-state index in [0.29, 0.717) is 28.5 Å². The largest absolute Gasteiger partial charge is 1.00 e. The van der Waals surface area contributed by atoms with Crippen LogP contribution in [0.25, 0.3) is 0 Å². The van der Waals surface area contributed by atoms with E-state index in [0.717, 1.165) is 0 Å². The van der Waals surface area contributed by atoms with Gasteiger partial charge in [-0.3, -0.25) is 9.59 Å². The Hall–Kier alpha value is -0.750. The average Bonchev–Trinajstić information content (AvgIpc) is 2.64. The molecule has 0 rings (SSSR count). The topological polar surface area (TPSA) is 136 Å². The van der Waals surface area contributed by atoms with Crippen LogP contribution in [0, 0.1) is 17.3 Å². The number of carbonyl (C=O) groups is 3. The molecule has 0 aromatic carbocycles. The zero-order valence-electron chi connectivity index (χ0n) is 22.7. The summed E-state index contributed by atoms with van der Waals surface area (Å²) in [5, 5.41) is 33.8. The third kappa shape index (κ3) is 45.2. The third-order valence-corrected chi connectivity index (χ3v) is 5.57. The molecule has 0 fully saturated rings. The molecule has 11 heteroatoms. The molecule has 0 aromatic heterocycles. The van der Waals surface area contributed by atoms with Gasteiger partial charge in [0, 0.05) is 17.3 Å². The standard InChI is InChI=1S/C23H45N3O7.14CH4.Na/c1-9-17(21(31)33-11-10-27)12-18(20(29)30)13-23(2,3)22(32)24-16-26(7,8)15-19(28)14-25(4,5)6;;;;;;;;;;;;;;;/h17-19,27-28H,9-16H2,1-8H3;14*1H4;/q;;;;;;;;;;;;;;;+1/p+1. The van der Waals surface area contributed by atoms with Gasteiger partial charge in [0.25, 0.3) is 0 Å². The second kappa shape index (κ2) is 46.2. The number of carbonyl (C=O) groups excluding carboxylic acids is 3. The molecule has 0 aliphatic carbocycles. The van der Waals surface area contributed by atoms with Crippen LogP contribution in [0.5, 0.6) is 0 Å². The summed E-state index contributed by atoms with van der Waals surface area (Å²) in [6, 6.07) is 0. The maximum absolute atomic E-state index is 12.9. The number of aliphatic hydroxyl groups is 2. The van der Waals surface area contributed by atoms with Crippen LogP contribution in [0.3, 0.4) is 0 Å². The number of ether oxygens (including phenoxy) is 1. The molecule has 0 aliphatic heterocycles. The number of aliphatic carboxylic acids is 1. The summed E-state index contributed by atoms with van der Waals surface area (Å²) < 4.78 is 5.92. The zero-order chi connectivity index (χ0) is 26.0. The number of rotatable bonds is 16. The molecular weight excluding hydrogens is 621 g/mol. The monoisotopic (exact) mass is 724 g/mol. The molecule has 0 bridgehead atoms. The minimum atomic E-state index is -1.32. The van der Waals surface area contributed by atoms with Gasteiger partial charge in [0.05, 0.1) is 47.8 Å². The van der Waals surface area contributed by atoms with Crippen molar-refractivity contribution < 1.29 is 73.0 Å². The predicted molar refractivity (Wildman–Crippen MR) is 216 cm³/mol. The van der Waals surface area contributed by atoms with Gasteiger partial charge in [-0.05, 0) is 19.3 Å². The van der Waals surface area contributed by atoms with Crippen molar-refractivity contribution in [2.75, 3.05) is 68.2 Å². The van der Waals surface area contributed by atoms with Crippen LogP contribution in [0.2, 0.25) is 0 Å². The molecule has 0 heterocycles. The smallest absolute Gasteiger partial charge is 0.550 e.